The number of nitrogens with two attached hydrogens (primary N) is 1. The van der Waals surface area contributed by atoms with Crippen molar-refractivity contribution in [1.29, 1.82) is 0 Å². The molecule has 0 saturated heterocycles. The van der Waals surface area contributed by atoms with Crippen molar-refractivity contribution in [1.82, 2.24) is 5.32 Å². The number of rotatable bonds is 9. The first-order chi connectivity index (χ1) is 7.99. The number of nitrogens with one attached hydrogen (secondary N) is 1. The van der Waals surface area contributed by atoms with Gasteiger partial charge in [-0.05, 0) is 18.8 Å². The fourth-order valence-corrected chi connectivity index (χ4v) is 1.93. The fourth-order valence-electron chi connectivity index (χ4n) is 1.70. The summed E-state index contributed by atoms with van der Waals surface area (Å²) in [7, 11) is 0. The van der Waals surface area contributed by atoms with Crippen molar-refractivity contribution in [2.24, 2.45) is 17.6 Å². The van der Waals surface area contributed by atoms with Gasteiger partial charge in [0.15, 0.2) is 0 Å². The molecule has 0 aliphatic carbocycles. The molecule has 0 bridgehead atoms. The Morgan fingerprint density at radius 3 is 2.41 bits per heavy atom. The van der Waals surface area contributed by atoms with Gasteiger partial charge < -0.3 is 11.1 Å². The van der Waals surface area contributed by atoms with Crippen LogP contribution in [-0.2, 0) is 4.79 Å². The lowest BCUT2D eigenvalue weighted by Crippen LogP contribution is -2.38. The van der Waals surface area contributed by atoms with Crippen LogP contribution in [0.3, 0.4) is 0 Å². The first kappa shape index (κ1) is 16.4. The molecule has 0 aromatic rings. The second kappa shape index (κ2) is 9.40. The average molecular weight is 258 g/mol. The van der Waals surface area contributed by atoms with Crippen molar-refractivity contribution in [3.63, 3.8) is 0 Å². The zero-order valence-corrected chi connectivity index (χ0v) is 12.1. The number of hydrogen-bond donors (Lipinski definition) is 2. The van der Waals surface area contributed by atoms with Gasteiger partial charge in [-0.1, -0.05) is 52.3 Å². The number of carbonyl (C=O) groups excluding carboxylic acids is 1. The summed E-state index contributed by atoms with van der Waals surface area (Å²) in [5.74, 6) is 0.430. The Labute approximate surface area is 111 Å². The summed E-state index contributed by atoms with van der Waals surface area (Å²) in [4.78, 5) is 12.1. The third-order valence-electron chi connectivity index (χ3n) is 2.74. The molecule has 17 heavy (non-hydrogen) atoms. The Morgan fingerprint density at radius 1 is 1.29 bits per heavy atom. The van der Waals surface area contributed by atoms with Crippen molar-refractivity contribution in [2.45, 2.75) is 52.9 Å². The van der Waals surface area contributed by atoms with E-state index in [1.807, 2.05) is 6.92 Å². The van der Waals surface area contributed by atoms with Crippen LogP contribution in [0.15, 0.2) is 0 Å². The molecule has 0 rings (SSSR count). The molecule has 3 N–H and O–H groups in total. The fraction of sp³-hybridized carbons (Fsp3) is 0.846. The standard InChI is InChI=1S/C13H26N2OS/c1-4-7-11(12(14)17)13(16)15-9-6-5-8-10(2)3/h10-11H,4-9H2,1-3H3,(H2,14,17)(H,15,16). The maximum atomic E-state index is 11.8. The average Bonchev–Trinajstić information content (AvgIpc) is 2.24. The van der Waals surface area contributed by atoms with Gasteiger partial charge in [0.05, 0.1) is 10.9 Å². The summed E-state index contributed by atoms with van der Waals surface area (Å²) >= 11 is 4.91. The van der Waals surface area contributed by atoms with Crippen LogP contribution in [-0.4, -0.2) is 17.4 Å². The van der Waals surface area contributed by atoms with Gasteiger partial charge in [-0.25, -0.2) is 0 Å². The summed E-state index contributed by atoms with van der Waals surface area (Å²) < 4.78 is 0. The maximum absolute atomic E-state index is 11.8. The maximum Gasteiger partial charge on any atom is 0.229 e. The molecular formula is C13H26N2OS. The number of thiocarbonyl (C=S) groups is 1. The van der Waals surface area contributed by atoms with E-state index >= 15 is 0 Å². The number of amides is 1. The Bertz CT molecular complexity index is 242. The van der Waals surface area contributed by atoms with E-state index in [1.165, 1.54) is 6.42 Å². The van der Waals surface area contributed by atoms with Gasteiger partial charge in [0.2, 0.25) is 5.91 Å². The smallest absolute Gasteiger partial charge is 0.229 e. The molecule has 0 saturated carbocycles. The van der Waals surface area contributed by atoms with Crippen LogP contribution in [0.1, 0.15) is 52.9 Å². The van der Waals surface area contributed by atoms with Gasteiger partial charge in [-0.15, -0.1) is 0 Å². The van der Waals surface area contributed by atoms with Crippen molar-refractivity contribution in [3.8, 4) is 0 Å². The van der Waals surface area contributed by atoms with E-state index in [4.69, 9.17) is 18.0 Å². The van der Waals surface area contributed by atoms with E-state index in [0.29, 0.717) is 4.99 Å². The Morgan fingerprint density at radius 2 is 1.94 bits per heavy atom. The Kier molecular flexibility index (Phi) is 9.04. The number of hydrogen-bond acceptors (Lipinski definition) is 2. The highest BCUT2D eigenvalue weighted by Gasteiger charge is 2.19. The predicted molar refractivity (Wildman–Crippen MR) is 76.9 cm³/mol. The van der Waals surface area contributed by atoms with Gasteiger partial charge in [0.25, 0.3) is 0 Å². The largest absolute Gasteiger partial charge is 0.393 e. The molecule has 0 aliphatic heterocycles. The van der Waals surface area contributed by atoms with Crippen LogP contribution < -0.4 is 11.1 Å². The van der Waals surface area contributed by atoms with Crippen LogP contribution in [0.2, 0.25) is 0 Å². The van der Waals surface area contributed by atoms with Crippen LogP contribution in [0, 0.1) is 11.8 Å². The first-order valence-corrected chi connectivity index (χ1v) is 6.96. The third-order valence-corrected chi connectivity index (χ3v) is 3.03. The predicted octanol–water partition coefficient (Wildman–Crippen LogP) is 2.63. The van der Waals surface area contributed by atoms with Crippen LogP contribution in [0.5, 0.6) is 0 Å². The number of unbranched alkanes of at least 4 members (excludes halogenated alkanes) is 1. The van der Waals surface area contributed by atoms with Crippen LogP contribution >= 0.6 is 12.2 Å². The number of carbonyl (C=O) groups is 1. The molecule has 0 spiro atoms. The summed E-state index contributed by atoms with van der Waals surface area (Å²) in [6, 6.07) is 0. The summed E-state index contributed by atoms with van der Waals surface area (Å²) in [6.07, 6.45) is 5.06. The molecule has 4 heteroatoms. The monoisotopic (exact) mass is 258 g/mol. The second-order valence-corrected chi connectivity index (χ2v) is 5.40. The minimum atomic E-state index is -0.292. The molecule has 0 fully saturated rings. The van der Waals surface area contributed by atoms with Gasteiger partial charge in [0, 0.05) is 6.54 Å². The molecule has 0 heterocycles. The lowest BCUT2D eigenvalue weighted by atomic mass is 10.0. The topological polar surface area (TPSA) is 55.1 Å². The van der Waals surface area contributed by atoms with Crippen LogP contribution in [0.4, 0.5) is 0 Å². The molecular weight excluding hydrogens is 232 g/mol. The minimum Gasteiger partial charge on any atom is -0.393 e. The molecule has 0 aromatic carbocycles. The zero-order valence-electron chi connectivity index (χ0n) is 11.3. The first-order valence-electron chi connectivity index (χ1n) is 6.56. The van der Waals surface area contributed by atoms with Gasteiger partial charge >= 0.3 is 0 Å². The van der Waals surface area contributed by atoms with E-state index < -0.39 is 0 Å². The van der Waals surface area contributed by atoms with Crippen molar-refractivity contribution in [2.75, 3.05) is 6.54 Å². The lowest BCUT2D eigenvalue weighted by molar-refractivity contribution is -0.123. The molecule has 0 radical (unpaired) electrons. The molecule has 3 nitrogen and oxygen atoms in total. The van der Waals surface area contributed by atoms with Crippen molar-refractivity contribution >= 4 is 23.1 Å². The van der Waals surface area contributed by atoms with Crippen LogP contribution in [0.25, 0.3) is 0 Å². The van der Waals surface area contributed by atoms with Gasteiger partial charge in [-0.2, -0.15) is 0 Å². The van der Waals surface area contributed by atoms with E-state index in [2.05, 4.69) is 19.2 Å². The Balaban J connectivity index is 3.79. The lowest BCUT2D eigenvalue weighted by Gasteiger charge is -2.14. The van der Waals surface area contributed by atoms with E-state index in [1.54, 1.807) is 0 Å². The normalized spacial score (nSPS) is 12.5. The molecule has 1 unspecified atom stereocenters. The highest BCUT2D eigenvalue weighted by Crippen LogP contribution is 2.08. The quantitative estimate of drug-likeness (QED) is 0.494. The second-order valence-electron chi connectivity index (χ2n) is 4.92. The van der Waals surface area contributed by atoms with Gasteiger partial charge in [-0.3, -0.25) is 4.79 Å². The van der Waals surface area contributed by atoms with Crippen molar-refractivity contribution in [3.05, 3.63) is 0 Å². The summed E-state index contributed by atoms with van der Waals surface area (Å²) in [6.45, 7) is 7.18. The van der Waals surface area contributed by atoms with Crippen molar-refractivity contribution < 1.29 is 4.79 Å². The minimum absolute atomic E-state index is 0.0103. The van der Waals surface area contributed by atoms with E-state index in [-0.39, 0.29) is 11.8 Å². The van der Waals surface area contributed by atoms with E-state index in [9.17, 15) is 4.79 Å². The molecule has 100 valence electrons. The molecule has 1 amide bonds. The molecule has 1 atom stereocenters. The molecule has 0 aromatic heterocycles. The SMILES string of the molecule is CCCC(C(=O)NCCCCC(C)C)C(N)=S. The highest BCUT2D eigenvalue weighted by atomic mass is 32.1. The Hall–Kier alpha value is -0.640. The third kappa shape index (κ3) is 8.13. The summed E-state index contributed by atoms with van der Waals surface area (Å²) in [5, 5.41) is 2.92. The van der Waals surface area contributed by atoms with Gasteiger partial charge in [0.1, 0.15) is 0 Å². The van der Waals surface area contributed by atoms with E-state index in [0.717, 1.165) is 38.1 Å². The highest BCUT2D eigenvalue weighted by molar-refractivity contribution is 7.80. The zero-order chi connectivity index (χ0) is 13.3. The summed E-state index contributed by atoms with van der Waals surface area (Å²) in [5.41, 5.74) is 5.56. The molecule has 0 aliphatic rings.